The number of nitrogen functional groups attached to an aromatic ring is 1. The fourth-order valence-corrected chi connectivity index (χ4v) is 4.17. The van der Waals surface area contributed by atoms with Gasteiger partial charge in [-0.05, 0) is 48.2 Å². The van der Waals surface area contributed by atoms with Gasteiger partial charge < -0.3 is 11.1 Å². The molecule has 0 spiro atoms. The third-order valence-corrected chi connectivity index (χ3v) is 5.81. The standard InChI is InChI=1S/C22H20N4O3S/c1-2-25-18-11-12-30-19(18)21(28)26(22(25)29)13-14-7-9-15(10-8-14)20(27)24-17-6-4-3-5-16(17)23/h3-12H,2,13,23H2,1H3,(H,24,27). The second-order valence-electron chi connectivity index (χ2n) is 6.79. The molecule has 30 heavy (non-hydrogen) atoms. The number of thiophene rings is 1. The summed E-state index contributed by atoms with van der Waals surface area (Å²) in [6.07, 6.45) is 0. The lowest BCUT2D eigenvalue weighted by Crippen LogP contribution is -2.39. The van der Waals surface area contributed by atoms with E-state index in [2.05, 4.69) is 5.32 Å². The van der Waals surface area contributed by atoms with Crippen LogP contribution in [0, 0.1) is 0 Å². The Labute approximate surface area is 176 Å². The molecule has 152 valence electrons. The highest BCUT2D eigenvalue weighted by molar-refractivity contribution is 7.17. The largest absolute Gasteiger partial charge is 0.397 e. The number of aromatic nitrogens is 2. The molecule has 4 aromatic rings. The number of nitrogens with zero attached hydrogens (tertiary/aromatic N) is 2. The van der Waals surface area contributed by atoms with Crippen LogP contribution in [0.5, 0.6) is 0 Å². The van der Waals surface area contributed by atoms with Gasteiger partial charge in [0.25, 0.3) is 11.5 Å². The highest BCUT2D eigenvalue weighted by atomic mass is 32.1. The Balaban J connectivity index is 1.60. The van der Waals surface area contributed by atoms with Crippen molar-refractivity contribution in [2.24, 2.45) is 0 Å². The molecule has 0 bridgehead atoms. The van der Waals surface area contributed by atoms with Gasteiger partial charge in [-0.3, -0.25) is 18.7 Å². The van der Waals surface area contributed by atoms with Crippen LogP contribution in [0.4, 0.5) is 11.4 Å². The Morgan fingerprint density at radius 2 is 1.77 bits per heavy atom. The molecular weight excluding hydrogens is 400 g/mol. The number of nitrogens with one attached hydrogen (secondary N) is 1. The van der Waals surface area contributed by atoms with Crippen LogP contribution in [-0.2, 0) is 13.1 Å². The third-order valence-electron chi connectivity index (χ3n) is 4.92. The smallest absolute Gasteiger partial charge is 0.331 e. The molecule has 0 saturated carbocycles. The molecule has 1 amide bonds. The Morgan fingerprint density at radius 1 is 1.03 bits per heavy atom. The quantitative estimate of drug-likeness (QED) is 0.485. The van der Waals surface area contributed by atoms with Gasteiger partial charge in [-0.15, -0.1) is 11.3 Å². The normalized spacial score (nSPS) is 11.0. The summed E-state index contributed by atoms with van der Waals surface area (Å²) in [4.78, 5) is 38.0. The molecule has 0 saturated heterocycles. The first-order valence-electron chi connectivity index (χ1n) is 9.45. The van der Waals surface area contributed by atoms with Crippen LogP contribution >= 0.6 is 11.3 Å². The number of carbonyl (C=O) groups is 1. The zero-order valence-corrected chi connectivity index (χ0v) is 17.1. The number of para-hydroxylation sites is 2. The van der Waals surface area contributed by atoms with E-state index < -0.39 is 0 Å². The van der Waals surface area contributed by atoms with Gasteiger partial charge in [-0.2, -0.15) is 0 Å². The molecule has 0 aliphatic carbocycles. The lowest BCUT2D eigenvalue weighted by atomic mass is 10.1. The van der Waals surface area contributed by atoms with Crippen LogP contribution in [0.2, 0.25) is 0 Å². The number of amides is 1. The van der Waals surface area contributed by atoms with E-state index in [1.54, 1.807) is 59.2 Å². The summed E-state index contributed by atoms with van der Waals surface area (Å²) < 4.78 is 3.40. The summed E-state index contributed by atoms with van der Waals surface area (Å²) in [6, 6.07) is 15.6. The van der Waals surface area contributed by atoms with Crippen LogP contribution in [0.15, 0.2) is 69.6 Å². The number of carbonyl (C=O) groups excluding carboxylic acids is 1. The average molecular weight is 420 g/mol. The Kier molecular flexibility index (Phi) is 5.24. The third kappa shape index (κ3) is 3.53. The summed E-state index contributed by atoms with van der Waals surface area (Å²) in [5, 5.41) is 4.59. The van der Waals surface area contributed by atoms with E-state index in [1.807, 2.05) is 12.3 Å². The summed E-state index contributed by atoms with van der Waals surface area (Å²) >= 11 is 1.33. The van der Waals surface area contributed by atoms with E-state index in [0.29, 0.717) is 33.7 Å². The summed E-state index contributed by atoms with van der Waals surface area (Å²) in [5.41, 5.74) is 8.13. The van der Waals surface area contributed by atoms with Crippen molar-refractivity contribution in [3.8, 4) is 0 Å². The molecule has 0 atom stereocenters. The van der Waals surface area contributed by atoms with E-state index >= 15 is 0 Å². The maximum absolute atomic E-state index is 12.8. The Bertz CT molecular complexity index is 1350. The number of fused-ring (bicyclic) bond motifs is 1. The summed E-state index contributed by atoms with van der Waals surface area (Å²) in [5.74, 6) is -0.287. The van der Waals surface area contributed by atoms with E-state index in [9.17, 15) is 14.4 Å². The number of hydrogen-bond acceptors (Lipinski definition) is 5. The molecule has 3 N–H and O–H groups in total. The van der Waals surface area contributed by atoms with Gasteiger partial charge >= 0.3 is 5.69 Å². The molecule has 0 aliphatic rings. The van der Waals surface area contributed by atoms with E-state index in [0.717, 1.165) is 5.56 Å². The number of nitrogens with two attached hydrogens (primary N) is 1. The molecule has 2 aromatic heterocycles. The van der Waals surface area contributed by atoms with Crippen molar-refractivity contribution in [3.05, 3.63) is 91.9 Å². The first-order valence-corrected chi connectivity index (χ1v) is 10.3. The Morgan fingerprint density at radius 3 is 2.47 bits per heavy atom. The summed E-state index contributed by atoms with van der Waals surface area (Å²) in [6.45, 7) is 2.49. The van der Waals surface area contributed by atoms with Crippen molar-refractivity contribution < 1.29 is 4.79 Å². The van der Waals surface area contributed by atoms with Gasteiger partial charge in [-0.25, -0.2) is 4.79 Å². The predicted molar refractivity (Wildman–Crippen MR) is 120 cm³/mol. The second kappa shape index (κ2) is 8.00. The Hall–Kier alpha value is -3.65. The predicted octanol–water partition coefficient (Wildman–Crippen LogP) is 3.13. The fraction of sp³-hybridized carbons (Fsp3) is 0.136. The van der Waals surface area contributed by atoms with Crippen LogP contribution in [0.3, 0.4) is 0 Å². The molecule has 0 unspecified atom stereocenters. The second-order valence-corrected chi connectivity index (χ2v) is 7.71. The van der Waals surface area contributed by atoms with Crippen LogP contribution in [-0.4, -0.2) is 15.0 Å². The number of aryl methyl sites for hydroxylation is 1. The van der Waals surface area contributed by atoms with Crippen molar-refractivity contribution in [3.63, 3.8) is 0 Å². The first kappa shape index (κ1) is 19.7. The number of rotatable bonds is 5. The molecule has 0 radical (unpaired) electrons. The van der Waals surface area contributed by atoms with Crippen LogP contribution in [0.25, 0.3) is 10.2 Å². The lowest BCUT2D eigenvalue weighted by molar-refractivity contribution is 0.102. The van der Waals surface area contributed by atoms with Gasteiger partial charge in [0.2, 0.25) is 0 Å². The molecule has 2 aromatic carbocycles. The first-order chi connectivity index (χ1) is 14.5. The van der Waals surface area contributed by atoms with E-state index in [4.69, 9.17) is 5.73 Å². The average Bonchev–Trinajstić information content (AvgIpc) is 3.23. The maximum atomic E-state index is 12.8. The van der Waals surface area contributed by atoms with Gasteiger partial charge in [-0.1, -0.05) is 24.3 Å². The molecular formula is C22H20N4O3S. The fourth-order valence-electron chi connectivity index (χ4n) is 3.33. The van der Waals surface area contributed by atoms with Gasteiger partial charge in [0.15, 0.2) is 0 Å². The number of anilines is 2. The minimum atomic E-state index is -0.338. The molecule has 8 heteroatoms. The van der Waals surface area contributed by atoms with Crippen LogP contribution < -0.4 is 22.3 Å². The highest BCUT2D eigenvalue weighted by Gasteiger charge is 2.14. The lowest BCUT2D eigenvalue weighted by Gasteiger charge is -2.11. The van der Waals surface area contributed by atoms with Gasteiger partial charge in [0.1, 0.15) is 4.70 Å². The zero-order chi connectivity index (χ0) is 21.3. The molecule has 7 nitrogen and oxygen atoms in total. The zero-order valence-electron chi connectivity index (χ0n) is 16.3. The topological polar surface area (TPSA) is 99.1 Å². The molecule has 2 heterocycles. The summed E-state index contributed by atoms with van der Waals surface area (Å²) in [7, 11) is 0. The monoisotopic (exact) mass is 420 g/mol. The molecule has 0 fully saturated rings. The van der Waals surface area contributed by atoms with Crippen molar-refractivity contribution in [2.45, 2.75) is 20.0 Å². The van der Waals surface area contributed by atoms with Gasteiger partial charge in [0, 0.05) is 12.1 Å². The van der Waals surface area contributed by atoms with Crippen molar-refractivity contribution in [1.29, 1.82) is 0 Å². The highest BCUT2D eigenvalue weighted by Crippen LogP contribution is 2.18. The molecule has 0 aliphatic heterocycles. The van der Waals surface area contributed by atoms with Crippen molar-refractivity contribution in [1.82, 2.24) is 9.13 Å². The van der Waals surface area contributed by atoms with Crippen molar-refractivity contribution >= 4 is 38.8 Å². The van der Waals surface area contributed by atoms with Crippen molar-refractivity contribution in [2.75, 3.05) is 11.1 Å². The SMILES string of the molecule is CCn1c(=O)n(Cc2ccc(C(=O)Nc3ccccc3N)cc2)c(=O)c2sccc21. The van der Waals surface area contributed by atoms with Crippen LogP contribution in [0.1, 0.15) is 22.8 Å². The molecule has 4 rings (SSSR count). The maximum Gasteiger partial charge on any atom is 0.331 e. The van der Waals surface area contributed by atoms with E-state index in [-0.39, 0.29) is 23.7 Å². The van der Waals surface area contributed by atoms with Gasteiger partial charge in [0.05, 0.1) is 23.4 Å². The number of hydrogen-bond donors (Lipinski definition) is 2. The minimum Gasteiger partial charge on any atom is -0.397 e. The minimum absolute atomic E-state index is 0.138. The van der Waals surface area contributed by atoms with E-state index in [1.165, 1.54) is 15.9 Å². The number of benzene rings is 2.